The zero-order valence-corrected chi connectivity index (χ0v) is 16.2. The largest absolute Gasteiger partial charge is 0.508 e. The van der Waals surface area contributed by atoms with Gasteiger partial charge in [0.15, 0.2) is 0 Å². The first-order valence-corrected chi connectivity index (χ1v) is 10.5. The van der Waals surface area contributed by atoms with Gasteiger partial charge >= 0.3 is 0 Å². The van der Waals surface area contributed by atoms with E-state index in [0.717, 1.165) is 5.56 Å². The number of phenols is 2. The Bertz CT molecular complexity index is 1240. The fourth-order valence-corrected chi connectivity index (χ4v) is 4.81. The van der Waals surface area contributed by atoms with E-state index in [0.29, 0.717) is 16.7 Å². The number of rotatable bonds is 4. The Morgan fingerprint density at radius 2 is 1.10 bits per heavy atom. The fraction of sp³-hybridized carbons (Fsp3) is 0. The number of hydrogen-bond acceptors (Lipinski definition) is 4. The standard InChI is InChI=1S/C24H18O4S/c25-19-13-9-17(10-14-19)22-7-4-8-23(24(22)18-11-15-20(26)16-12-18)29(27,28)21-5-2-1-3-6-21/h1-16,25-26H. The van der Waals surface area contributed by atoms with Gasteiger partial charge in [-0.15, -0.1) is 0 Å². The van der Waals surface area contributed by atoms with Crippen LogP contribution in [0.15, 0.2) is 107 Å². The van der Waals surface area contributed by atoms with Crippen molar-refractivity contribution in [2.45, 2.75) is 9.79 Å². The highest BCUT2D eigenvalue weighted by molar-refractivity contribution is 7.91. The summed E-state index contributed by atoms with van der Waals surface area (Å²) in [6.45, 7) is 0. The lowest BCUT2D eigenvalue weighted by Gasteiger charge is -2.16. The molecule has 4 aromatic rings. The zero-order chi connectivity index (χ0) is 20.4. The monoisotopic (exact) mass is 402 g/mol. The maximum atomic E-state index is 13.4. The molecule has 144 valence electrons. The Hall–Kier alpha value is -3.57. The molecule has 0 heterocycles. The van der Waals surface area contributed by atoms with E-state index in [4.69, 9.17) is 0 Å². The first-order chi connectivity index (χ1) is 14.0. The molecule has 0 radical (unpaired) electrons. The van der Waals surface area contributed by atoms with Gasteiger partial charge in [-0.2, -0.15) is 0 Å². The maximum Gasteiger partial charge on any atom is 0.207 e. The third-order valence-corrected chi connectivity index (χ3v) is 6.52. The van der Waals surface area contributed by atoms with Crippen molar-refractivity contribution in [1.82, 2.24) is 0 Å². The SMILES string of the molecule is O=S(=O)(c1ccccc1)c1cccc(-c2ccc(O)cc2)c1-c1ccc(O)cc1. The van der Waals surface area contributed by atoms with E-state index in [1.54, 1.807) is 78.9 Å². The third-order valence-electron chi connectivity index (χ3n) is 4.70. The summed E-state index contributed by atoms with van der Waals surface area (Å²) >= 11 is 0. The number of aromatic hydroxyl groups is 2. The molecule has 0 saturated heterocycles. The summed E-state index contributed by atoms with van der Waals surface area (Å²) in [5.74, 6) is 0.233. The van der Waals surface area contributed by atoms with Crippen molar-refractivity contribution < 1.29 is 18.6 Å². The van der Waals surface area contributed by atoms with E-state index in [-0.39, 0.29) is 21.3 Å². The molecule has 0 aliphatic carbocycles. The normalized spacial score (nSPS) is 11.3. The van der Waals surface area contributed by atoms with Crippen LogP contribution in [0.4, 0.5) is 0 Å². The molecule has 0 spiro atoms. The second-order valence-electron chi connectivity index (χ2n) is 6.59. The highest BCUT2D eigenvalue weighted by Crippen LogP contribution is 2.40. The van der Waals surface area contributed by atoms with Crippen LogP contribution in [-0.2, 0) is 9.84 Å². The average molecular weight is 402 g/mol. The van der Waals surface area contributed by atoms with E-state index < -0.39 is 9.84 Å². The molecular formula is C24H18O4S. The lowest BCUT2D eigenvalue weighted by atomic mass is 9.94. The third kappa shape index (κ3) is 3.60. The van der Waals surface area contributed by atoms with Gasteiger partial charge in [0, 0.05) is 5.56 Å². The quantitative estimate of drug-likeness (QED) is 0.488. The van der Waals surface area contributed by atoms with Gasteiger partial charge in [0.1, 0.15) is 11.5 Å². The lowest BCUT2D eigenvalue weighted by molar-refractivity contribution is 0.475. The van der Waals surface area contributed by atoms with Gasteiger partial charge in [0.2, 0.25) is 9.84 Å². The van der Waals surface area contributed by atoms with E-state index in [9.17, 15) is 18.6 Å². The van der Waals surface area contributed by atoms with Gasteiger partial charge in [0.25, 0.3) is 0 Å². The predicted molar refractivity (Wildman–Crippen MR) is 113 cm³/mol. The Morgan fingerprint density at radius 3 is 1.69 bits per heavy atom. The van der Waals surface area contributed by atoms with Crippen molar-refractivity contribution >= 4 is 9.84 Å². The van der Waals surface area contributed by atoms with Gasteiger partial charge in [-0.3, -0.25) is 0 Å². The van der Waals surface area contributed by atoms with Crippen LogP contribution < -0.4 is 0 Å². The molecule has 0 fully saturated rings. The Balaban J connectivity index is 2.03. The molecular weight excluding hydrogens is 384 g/mol. The average Bonchev–Trinajstić information content (AvgIpc) is 2.75. The minimum absolute atomic E-state index is 0.100. The molecule has 0 aliphatic heterocycles. The molecule has 4 nitrogen and oxygen atoms in total. The molecule has 0 amide bonds. The maximum absolute atomic E-state index is 13.4. The molecule has 0 aromatic heterocycles. The summed E-state index contributed by atoms with van der Waals surface area (Å²) in [5.41, 5.74) is 2.70. The van der Waals surface area contributed by atoms with Gasteiger partial charge in [-0.25, -0.2) is 8.42 Å². The molecule has 2 N–H and O–H groups in total. The van der Waals surface area contributed by atoms with Crippen LogP contribution in [0.3, 0.4) is 0 Å². The number of benzene rings is 4. The van der Waals surface area contributed by atoms with Crippen molar-refractivity contribution in [2.24, 2.45) is 0 Å². The molecule has 29 heavy (non-hydrogen) atoms. The van der Waals surface area contributed by atoms with Gasteiger partial charge in [-0.05, 0) is 59.2 Å². The van der Waals surface area contributed by atoms with Crippen LogP contribution in [0, 0.1) is 0 Å². The van der Waals surface area contributed by atoms with Crippen molar-refractivity contribution in [2.75, 3.05) is 0 Å². The topological polar surface area (TPSA) is 74.6 Å². The second-order valence-corrected chi connectivity index (χ2v) is 8.51. The molecule has 0 saturated carbocycles. The highest BCUT2D eigenvalue weighted by Gasteiger charge is 2.24. The summed E-state index contributed by atoms with van der Waals surface area (Å²) < 4.78 is 26.9. The molecule has 0 unspecified atom stereocenters. The molecule has 4 rings (SSSR count). The Morgan fingerprint density at radius 1 is 0.552 bits per heavy atom. The van der Waals surface area contributed by atoms with Crippen LogP contribution in [0.1, 0.15) is 0 Å². The number of sulfone groups is 1. The van der Waals surface area contributed by atoms with Gasteiger partial charge in [-0.1, -0.05) is 54.6 Å². The Kier molecular flexibility index (Phi) is 4.82. The second kappa shape index (κ2) is 7.45. The summed E-state index contributed by atoms with van der Waals surface area (Å²) in [4.78, 5) is 0.392. The summed E-state index contributed by atoms with van der Waals surface area (Å²) in [6.07, 6.45) is 0. The first-order valence-electron chi connectivity index (χ1n) is 8.99. The number of phenolic OH excluding ortho intramolecular Hbond substituents is 2. The van der Waals surface area contributed by atoms with Gasteiger partial charge < -0.3 is 10.2 Å². The molecule has 4 aromatic carbocycles. The molecule has 0 bridgehead atoms. The van der Waals surface area contributed by atoms with E-state index in [1.165, 1.54) is 12.1 Å². The number of hydrogen-bond donors (Lipinski definition) is 2. The van der Waals surface area contributed by atoms with E-state index in [2.05, 4.69) is 0 Å². The van der Waals surface area contributed by atoms with Crippen LogP contribution in [0.25, 0.3) is 22.3 Å². The lowest BCUT2D eigenvalue weighted by Crippen LogP contribution is -2.05. The van der Waals surface area contributed by atoms with E-state index in [1.807, 2.05) is 6.07 Å². The van der Waals surface area contributed by atoms with Crippen molar-refractivity contribution in [3.63, 3.8) is 0 Å². The highest BCUT2D eigenvalue weighted by atomic mass is 32.2. The van der Waals surface area contributed by atoms with Crippen molar-refractivity contribution in [1.29, 1.82) is 0 Å². The molecule has 0 aliphatic rings. The predicted octanol–water partition coefficient (Wildman–Crippen LogP) is 5.26. The summed E-state index contributed by atoms with van der Waals surface area (Å²) in [6, 6.07) is 26.5. The molecule has 5 heteroatoms. The smallest absolute Gasteiger partial charge is 0.207 e. The van der Waals surface area contributed by atoms with Crippen LogP contribution >= 0.6 is 0 Å². The van der Waals surface area contributed by atoms with Crippen molar-refractivity contribution in [3.8, 4) is 33.8 Å². The summed E-state index contributed by atoms with van der Waals surface area (Å²) in [5, 5.41) is 19.3. The van der Waals surface area contributed by atoms with Crippen LogP contribution in [-0.4, -0.2) is 18.6 Å². The van der Waals surface area contributed by atoms with E-state index >= 15 is 0 Å². The fourth-order valence-electron chi connectivity index (χ4n) is 3.29. The van der Waals surface area contributed by atoms with Gasteiger partial charge in [0.05, 0.1) is 9.79 Å². The van der Waals surface area contributed by atoms with Crippen molar-refractivity contribution in [3.05, 3.63) is 97.1 Å². The minimum atomic E-state index is -3.78. The van der Waals surface area contributed by atoms with Crippen LogP contribution in [0.5, 0.6) is 11.5 Å². The molecule has 0 atom stereocenters. The first kappa shape index (κ1) is 18.8. The minimum Gasteiger partial charge on any atom is -0.508 e. The summed E-state index contributed by atoms with van der Waals surface area (Å²) in [7, 11) is -3.78. The Labute approximate surface area is 169 Å². The zero-order valence-electron chi connectivity index (χ0n) is 15.4. The van der Waals surface area contributed by atoms with Crippen LogP contribution in [0.2, 0.25) is 0 Å².